The highest BCUT2D eigenvalue weighted by molar-refractivity contribution is 7.98. The summed E-state index contributed by atoms with van der Waals surface area (Å²) in [4.78, 5) is 179. The summed E-state index contributed by atoms with van der Waals surface area (Å²) in [6, 6.07) is 1.09. The van der Waals surface area contributed by atoms with Gasteiger partial charge in [0.2, 0.25) is 65.0 Å². The Morgan fingerprint density at radius 3 is 1.57 bits per heavy atom. The van der Waals surface area contributed by atoms with Crippen molar-refractivity contribution < 1.29 is 67.7 Å². The Bertz CT molecular complexity index is 3560. The molecule has 0 aliphatic heterocycles. The molecule has 0 saturated heterocycles. The third kappa shape index (κ3) is 25.7. The number of aromatic amines is 3. The molecular weight excluding hydrogens is 1310 g/mol. The lowest BCUT2D eigenvalue weighted by atomic mass is 9.96. The lowest BCUT2D eigenvalue weighted by Gasteiger charge is -2.30. The fraction of sp³-hybridized carbons (Fsp3) is 0.544. The molecule has 0 saturated carbocycles. The van der Waals surface area contributed by atoms with Crippen LogP contribution in [0.3, 0.4) is 0 Å². The number of para-hydroxylation sites is 2. The molecule has 0 fully saturated rings. The SMILES string of the molecule is CC[C@H](C)[C@H](NC(=O)[C@H](Cc1cnc[nH]1)NC(=O)[C@@H](N)Cc1c[nH]c2ccccc12)C(=O)N[C@@H](CC(C)C)C(=O)N[C@@H](CCC(N)=O)C(=O)N[C@@H](CCSC)C(=O)N[C@@H](CCCCN)C(=O)NCC(=O)N[C@@H](CC(C)C)C(=O)N[C@H](C(=O)N[C@@H](Cc1c[nH]c2ccccc12)C(=O)O)[C@@H](C)O. The van der Waals surface area contributed by atoms with Crippen molar-refractivity contribution in [1.29, 1.82) is 0 Å². The van der Waals surface area contributed by atoms with E-state index < -0.39 is 156 Å². The van der Waals surface area contributed by atoms with Gasteiger partial charge < -0.3 is 95.5 Å². The minimum atomic E-state index is -1.66. The number of carbonyl (C=O) groups is 12. The quantitative estimate of drug-likeness (QED) is 0.0228. The topological polar surface area (TPSA) is 504 Å². The fourth-order valence-electron chi connectivity index (χ4n) is 11.2. The number of nitrogens with one attached hydrogen (secondary N) is 13. The van der Waals surface area contributed by atoms with Crippen molar-refractivity contribution >= 4 is 105 Å². The Hall–Kier alpha value is -9.40. The predicted molar refractivity (Wildman–Crippen MR) is 377 cm³/mol. The molecular formula is C68H101N17O14S. The third-order valence-corrected chi connectivity index (χ3v) is 17.5. The number of amides is 11. The number of aliphatic carboxylic acids is 1. The number of hydrogen-bond donors (Lipinski definition) is 18. The second-order valence-corrected chi connectivity index (χ2v) is 27.0. The summed E-state index contributed by atoms with van der Waals surface area (Å²) in [6.07, 6.45) is 6.85. The lowest BCUT2D eigenvalue weighted by molar-refractivity contribution is -0.143. The van der Waals surface area contributed by atoms with Crippen LogP contribution in [0.25, 0.3) is 21.8 Å². The van der Waals surface area contributed by atoms with Crippen LogP contribution < -0.4 is 70.4 Å². The maximum Gasteiger partial charge on any atom is 0.326 e. The molecule has 31 nitrogen and oxygen atoms in total. The molecule has 3 aromatic heterocycles. The van der Waals surface area contributed by atoms with Crippen LogP contribution >= 0.6 is 11.8 Å². The highest BCUT2D eigenvalue weighted by atomic mass is 32.2. The first-order valence-electron chi connectivity index (χ1n) is 33.7. The highest BCUT2D eigenvalue weighted by Crippen LogP contribution is 2.22. The first-order chi connectivity index (χ1) is 47.5. The molecule has 2 aromatic carbocycles. The zero-order valence-electron chi connectivity index (χ0n) is 58.0. The van der Waals surface area contributed by atoms with Gasteiger partial charge in [-0.2, -0.15) is 11.8 Å². The lowest BCUT2D eigenvalue weighted by Crippen LogP contribution is -2.61. The Morgan fingerprint density at radius 2 is 1.04 bits per heavy atom. The molecule has 0 unspecified atom stereocenters. The second kappa shape index (κ2) is 40.6. The highest BCUT2D eigenvalue weighted by Gasteiger charge is 2.38. The zero-order chi connectivity index (χ0) is 73.8. The monoisotopic (exact) mass is 1410 g/mol. The Morgan fingerprint density at radius 1 is 0.550 bits per heavy atom. The molecule has 0 radical (unpaired) electrons. The summed E-state index contributed by atoms with van der Waals surface area (Å²) < 4.78 is 0. The molecule has 0 spiro atoms. The van der Waals surface area contributed by atoms with Crippen LogP contribution in [0, 0.1) is 17.8 Å². The molecule has 0 bridgehead atoms. The van der Waals surface area contributed by atoms with Crippen molar-refractivity contribution in [2.45, 2.75) is 192 Å². The molecule has 0 aliphatic rings. The standard InChI is InChI=1S/C68H101N17O14S/c1-9-38(6)57(84-65(95)53(30-42-33-72-35-76-42)81-59(89)45(70)28-40-31-73-46-18-12-10-16-43(40)46)66(96)82-52(27-37(4)5)63(93)79-49(21-22-55(71)87)61(91)80-50(23-25-100-8)62(92)78-48(20-14-15-24-69)60(90)75-34-56(88)77-51(26-36(2)3)64(94)85-58(39(7)86)67(97)83-54(68(98)99)29-41-32-74-47-19-13-11-17-44(41)47/h10-13,16-19,31-33,35-39,45,48-54,57-58,73-74,86H,9,14-15,20-30,34,69-70H2,1-8H3,(H2,71,87)(H,72,76)(H,75,90)(H,77,88)(H,78,92)(H,79,93)(H,80,91)(H,81,89)(H,82,96)(H,83,97)(H,84,95)(H,85,94)(H,98,99)/t38-,39+,45-,48-,49-,50-,51-,52-,53-,54-,57-,58-/m0/s1. The summed E-state index contributed by atoms with van der Waals surface area (Å²) in [7, 11) is 0. The van der Waals surface area contributed by atoms with E-state index in [1.54, 1.807) is 84.5 Å². The summed E-state index contributed by atoms with van der Waals surface area (Å²) in [5.74, 6) is -11.2. The molecule has 5 aromatic rings. The van der Waals surface area contributed by atoms with Crippen molar-refractivity contribution in [3.05, 3.63) is 90.3 Å². The Labute approximate surface area is 585 Å². The number of fused-ring (bicyclic) bond motifs is 2. The molecule has 32 heteroatoms. The fourth-order valence-corrected chi connectivity index (χ4v) is 11.6. The van der Waals surface area contributed by atoms with E-state index >= 15 is 0 Å². The molecule has 548 valence electrons. The van der Waals surface area contributed by atoms with Crippen LogP contribution in [0.1, 0.15) is 123 Å². The molecule has 3 heterocycles. The summed E-state index contributed by atoms with van der Waals surface area (Å²) in [5, 5.41) is 48.6. The minimum Gasteiger partial charge on any atom is -0.480 e. The van der Waals surface area contributed by atoms with Gasteiger partial charge in [-0.25, -0.2) is 9.78 Å². The predicted octanol–water partition coefficient (Wildman–Crippen LogP) is -0.0418. The van der Waals surface area contributed by atoms with Crippen LogP contribution in [0.5, 0.6) is 0 Å². The normalized spacial score (nSPS) is 15.1. The van der Waals surface area contributed by atoms with Crippen LogP contribution in [0.4, 0.5) is 0 Å². The maximum atomic E-state index is 14.5. The number of aliphatic hydroxyl groups is 1. The van der Waals surface area contributed by atoms with E-state index in [1.807, 2.05) is 24.3 Å². The number of thioether (sulfide) groups is 1. The number of carboxylic acid groups (broad SMARTS) is 1. The van der Waals surface area contributed by atoms with Crippen molar-refractivity contribution in [2.75, 3.05) is 25.1 Å². The number of H-pyrrole nitrogens is 3. The van der Waals surface area contributed by atoms with Gasteiger partial charge in [0, 0.05) is 65.4 Å². The number of nitrogens with zero attached hydrogens (tertiary/aromatic N) is 1. The van der Waals surface area contributed by atoms with E-state index in [1.165, 1.54) is 31.2 Å². The Balaban J connectivity index is 1.26. The number of primary amides is 1. The van der Waals surface area contributed by atoms with E-state index in [0.29, 0.717) is 36.3 Å². The minimum absolute atomic E-state index is 0.00417. The van der Waals surface area contributed by atoms with E-state index in [4.69, 9.17) is 17.2 Å². The Kier molecular flexibility index (Phi) is 33.0. The molecule has 21 N–H and O–H groups in total. The van der Waals surface area contributed by atoms with Gasteiger partial charge in [0.05, 0.1) is 25.0 Å². The van der Waals surface area contributed by atoms with E-state index in [2.05, 4.69) is 73.1 Å². The van der Waals surface area contributed by atoms with Gasteiger partial charge in [0.1, 0.15) is 54.4 Å². The first-order valence-corrected chi connectivity index (χ1v) is 35.1. The van der Waals surface area contributed by atoms with Gasteiger partial charge in [-0.1, -0.05) is 84.4 Å². The van der Waals surface area contributed by atoms with Gasteiger partial charge in [0.25, 0.3) is 0 Å². The van der Waals surface area contributed by atoms with Crippen LogP contribution in [0.15, 0.2) is 73.4 Å². The van der Waals surface area contributed by atoms with Gasteiger partial charge >= 0.3 is 5.97 Å². The van der Waals surface area contributed by atoms with Gasteiger partial charge in [-0.3, -0.25) is 52.7 Å². The molecule has 5 rings (SSSR count). The number of aromatic nitrogens is 4. The maximum absolute atomic E-state index is 14.5. The van der Waals surface area contributed by atoms with E-state index in [0.717, 1.165) is 27.4 Å². The van der Waals surface area contributed by atoms with Crippen molar-refractivity contribution in [3.8, 4) is 0 Å². The summed E-state index contributed by atoms with van der Waals surface area (Å²) >= 11 is 1.33. The second-order valence-electron chi connectivity index (χ2n) is 26.0. The van der Waals surface area contributed by atoms with Crippen LogP contribution in [0.2, 0.25) is 0 Å². The van der Waals surface area contributed by atoms with Crippen molar-refractivity contribution in [1.82, 2.24) is 73.1 Å². The summed E-state index contributed by atoms with van der Waals surface area (Å²) in [5.41, 5.74) is 21.3. The average molecular weight is 1410 g/mol. The zero-order valence-corrected chi connectivity index (χ0v) is 58.8. The molecule has 11 amide bonds. The first kappa shape index (κ1) is 81.3. The van der Waals surface area contributed by atoms with E-state index in [9.17, 15) is 67.7 Å². The van der Waals surface area contributed by atoms with Crippen molar-refractivity contribution in [3.63, 3.8) is 0 Å². The number of rotatable bonds is 44. The number of unbranched alkanes of at least 4 members (excludes halogenated alkanes) is 1. The number of benzene rings is 2. The smallest absolute Gasteiger partial charge is 0.326 e. The summed E-state index contributed by atoms with van der Waals surface area (Å²) in [6.45, 7) is 11.4. The number of carboxylic acids is 1. The third-order valence-electron chi connectivity index (χ3n) is 16.9. The van der Waals surface area contributed by atoms with Crippen LogP contribution in [-0.4, -0.2) is 193 Å². The number of imidazole rings is 1. The molecule has 0 aliphatic carbocycles. The number of aliphatic hydroxyl groups excluding tert-OH is 1. The van der Waals surface area contributed by atoms with E-state index in [-0.39, 0.29) is 69.7 Å². The van der Waals surface area contributed by atoms with Gasteiger partial charge in [-0.05, 0) is 118 Å². The van der Waals surface area contributed by atoms with Gasteiger partial charge in [-0.15, -0.1) is 0 Å². The largest absolute Gasteiger partial charge is 0.480 e. The number of carbonyl (C=O) groups excluding carboxylic acids is 11. The van der Waals surface area contributed by atoms with Crippen molar-refractivity contribution in [2.24, 2.45) is 35.0 Å². The molecule has 100 heavy (non-hydrogen) atoms. The van der Waals surface area contributed by atoms with Gasteiger partial charge in [0.15, 0.2) is 0 Å². The average Bonchev–Trinajstić information content (AvgIpc) is 1.65. The number of nitrogens with two attached hydrogens (primary N) is 3. The number of hydrogen-bond acceptors (Lipinski definition) is 17. The van der Waals surface area contributed by atoms with Crippen LogP contribution in [-0.2, 0) is 76.8 Å². The molecule has 12 atom stereocenters.